The van der Waals surface area contributed by atoms with E-state index in [9.17, 15) is 4.79 Å². The number of nitrogens with two attached hydrogens (primary N) is 1. The molecule has 17 heavy (non-hydrogen) atoms. The van der Waals surface area contributed by atoms with Crippen molar-refractivity contribution in [3.05, 3.63) is 29.3 Å². The molecule has 1 atom stereocenters. The van der Waals surface area contributed by atoms with Gasteiger partial charge in [0.05, 0.1) is 5.41 Å². The van der Waals surface area contributed by atoms with Crippen molar-refractivity contribution in [1.82, 2.24) is 0 Å². The molecule has 0 aliphatic carbocycles. The highest BCUT2D eigenvalue weighted by Crippen LogP contribution is 2.25. The van der Waals surface area contributed by atoms with Crippen molar-refractivity contribution in [2.75, 3.05) is 11.9 Å². The average molecular weight is 234 g/mol. The van der Waals surface area contributed by atoms with E-state index in [-0.39, 0.29) is 5.91 Å². The summed E-state index contributed by atoms with van der Waals surface area (Å²) in [5.74, 6) is -0.0000926. The van der Waals surface area contributed by atoms with Crippen LogP contribution in [0.25, 0.3) is 0 Å². The molecule has 0 saturated heterocycles. The third kappa shape index (κ3) is 2.86. The van der Waals surface area contributed by atoms with Crippen molar-refractivity contribution in [2.24, 2.45) is 11.1 Å². The van der Waals surface area contributed by atoms with Gasteiger partial charge in [0, 0.05) is 12.2 Å². The molecule has 1 aromatic rings. The van der Waals surface area contributed by atoms with Gasteiger partial charge in [-0.1, -0.05) is 25.1 Å². The normalized spacial score (nSPS) is 14.2. The van der Waals surface area contributed by atoms with Crippen LogP contribution < -0.4 is 11.1 Å². The molecule has 1 rings (SSSR count). The Balaban J connectivity index is 2.96. The fraction of sp³-hybridized carbons (Fsp3) is 0.500. The van der Waals surface area contributed by atoms with E-state index < -0.39 is 5.41 Å². The molecule has 0 radical (unpaired) electrons. The molecule has 1 amide bonds. The van der Waals surface area contributed by atoms with Gasteiger partial charge >= 0.3 is 0 Å². The van der Waals surface area contributed by atoms with Crippen LogP contribution in [0.2, 0.25) is 0 Å². The first-order chi connectivity index (χ1) is 7.94. The lowest BCUT2D eigenvalue weighted by atomic mass is 9.86. The van der Waals surface area contributed by atoms with Crippen LogP contribution in [0.1, 0.15) is 31.4 Å². The number of hydrogen-bond acceptors (Lipinski definition) is 2. The summed E-state index contributed by atoms with van der Waals surface area (Å²) in [6.07, 6.45) is 0.736. The lowest BCUT2D eigenvalue weighted by molar-refractivity contribution is -0.124. The molecule has 94 valence electrons. The van der Waals surface area contributed by atoms with Crippen LogP contribution in [0.3, 0.4) is 0 Å². The van der Waals surface area contributed by atoms with E-state index in [2.05, 4.69) is 5.32 Å². The molecule has 0 fully saturated rings. The summed E-state index contributed by atoms with van der Waals surface area (Å²) in [6, 6.07) is 5.98. The predicted molar refractivity (Wildman–Crippen MR) is 72.0 cm³/mol. The van der Waals surface area contributed by atoms with Gasteiger partial charge in [0.15, 0.2) is 0 Å². The summed E-state index contributed by atoms with van der Waals surface area (Å²) in [6.45, 7) is 8.23. The van der Waals surface area contributed by atoms with Crippen molar-refractivity contribution in [1.29, 1.82) is 0 Å². The number of hydrogen-bond donors (Lipinski definition) is 2. The summed E-state index contributed by atoms with van der Waals surface area (Å²) in [4.78, 5) is 12.2. The Morgan fingerprint density at radius 3 is 2.29 bits per heavy atom. The summed E-state index contributed by atoms with van der Waals surface area (Å²) >= 11 is 0. The maximum absolute atomic E-state index is 12.2. The highest BCUT2D eigenvalue weighted by atomic mass is 16.2. The van der Waals surface area contributed by atoms with Crippen molar-refractivity contribution >= 4 is 11.6 Å². The third-order valence-electron chi connectivity index (χ3n) is 3.50. The highest BCUT2D eigenvalue weighted by Gasteiger charge is 2.30. The molecule has 0 aromatic heterocycles. The van der Waals surface area contributed by atoms with Gasteiger partial charge < -0.3 is 11.1 Å². The Bertz CT molecular complexity index is 388. The standard InChI is InChI=1S/C14H22N2O/c1-5-14(4,9-15)13(17)16-12-10(2)7-6-8-11(12)3/h6-8H,5,9,15H2,1-4H3,(H,16,17). The molecule has 0 heterocycles. The monoisotopic (exact) mass is 234 g/mol. The average Bonchev–Trinajstić information content (AvgIpc) is 2.32. The molecule has 1 aromatic carbocycles. The minimum atomic E-state index is -0.491. The molecule has 0 aliphatic rings. The quantitative estimate of drug-likeness (QED) is 0.841. The van der Waals surface area contributed by atoms with Crippen molar-refractivity contribution in [3.8, 4) is 0 Å². The molecule has 0 bridgehead atoms. The zero-order chi connectivity index (χ0) is 13.1. The van der Waals surface area contributed by atoms with Crippen LogP contribution in [0.4, 0.5) is 5.69 Å². The van der Waals surface area contributed by atoms with Crippen LogP contribution in [0, 0.1) is 19.3 Å². The minimum Gasteiger partial charge on any atom is -0.329 e. The van der Waals surface area contributed by atoms with Crippen molar-refractivity contribution < 1.29 is 4.79 Å². The maximum Gasteiger partial charge on any atom is 0.231 e. The second-order valence-corrected chi connectivity index (χ2v) is 4.84. The van der Waals surface area contributed by atoms with Crippen LogP contribution >= 0.6 is 0 Å². The lowest BCUT2D eigenvalue weighted by Crippen LogP contribution is -2.39. The van der Waals surface area contributed by atoms with Gasteiger partial charge in [0.1, 0.15) is 0 Å². The van der Waals surface area contributed by atoms with Gasteiger partial charge in [-0.05, 0) is 38.3 Å². The van der Waals surface area contributed by atoms with Gasteiger partial charge in [-0.15, -0.1) is 0 Å². The molecular weight excluding hydrogens is 212 g/mol. The summed E-state index contributed by atoms with van der Waals surface area (Å²) < 4.78 is 0. The highest BCUT2D eigenvalue weighted by molar-refractivity contribution is 5.96. The van der Waals surface area contributed by atoms with Gasteiger partial charge in [0.2, 0.25) is 5.91 Å². The van der Waals surface area contributed by atoms with Crippen LogP contribution in [-0.2, 0) is 4.79 Å². The topological polar surface area (TPSA) is 55.1 Å². The number of carbonyl (C=O) groups is 1. The molecule has 0 saturated carbocycles. The van der Waals surface area contributed by atoms with E-state index in [0.29, 0.717) is 6.54 Å². The summed E-state index contributed by atoms with van der Waals surface area (Å²) in [5.41, 5.74) is 8.26. The zero-order valence-electron chi connectivity index (χ0n) is 11.1. The van der Waals surface area contributed by atoms with Crippen molar-refractivity contribution in [3.63, 3.8) is 0 Å². The van der Waals surface area contributed by atoms with Gasteiger partial charge in [0.25, 0.3) is 0 Å². The molecule has 3 N–H and O–H groups in total. The molecular formula is C14H22N2O. The van der Waals surface area contributed by atoms with E-state index in [1.165, 1.54) is 0 Å². The number of anilines is 1. The molecule has 3 heteroatoms. The number of carbonyl (C=O) groups excluding carboxylic acids is 1. The Morgan fingerprint density at radius 1 is 1.35 bits per heavy atom. The minimum absolute atomic E-state index is 0.0000926. The largest absolute Gasteiger partial charge is 0.329 e. The first-order valence-electron chi connectivity index (χ1n) is 6.02. The Hall–Kier alpha value is -1.35. The lowest BCUT2D eigenvalue weighted by Gasteiger charge is -2.26. The van der Waals surface area contributed by atoms with Gasteiger partial charge in [-0.2, -0.15) is 0 Å². The fourth-order valence-corrected chi connectivity index (χ4v) is 1.67. The number of benzene rings is 1. The van der Waals surface area contributed by atoms with E-state index in [0.717, 1.165) is 23.2 Å². The second kappa shape index (κ2) is 5.32. The summed E-state index contributed by atoms with van der Waals surface area (Å²) in [7, 11) is 0. The SMILES string of the molecule is CCC(C)(CN)C(=O)Nc1c(C)cccc1C. The Labute approximate surface area is 103 Å². The fourth-order valence-electron chi connectivity index (χ4n) is 1.67. The van der Waals surface area contributed by atoms with Crippen LogP contribution in [0.15, 0.2) is 18.2 Å². The number of aryl methyl sites for hydroxylation is 2. The smallest absolute Gasteiger partial charge is 0.231 e. The van der Waals surface area contributed by atoms with E-state index >= 15 is 0 Å². The Morgan fingerprint density at radius 2 is 1.88 bits per heavy atom. The molecule has 3 nitrogen and oxygen atoms in total. The molecule has 0 aliphatic heterocycles. The molecule has 1 unspecified atom stereocenters. The first kappa shape index (κ1) is 13.7. The number of para-hydroxylation sites is 1. The van der Waals surface area contributed by atoms with Gasteiger partial charge in [-0.3, -0.25) is 4.79 Å². The van der Waals surface area contributed by atoms with Crippen molar-refractivity contribution in [2.45, 2.75) is 34.1 Å². The van der Waals surface area contributed by atoms with E-state index in [1.54, 1.807) is 0 Å². The van der Waals surface area contributed by atoms with E-state index in [4.69, 9.17) is 5.73 Å². The summed E-state index contributed by atoms with van der Waals surface area (Å²) in [5, 5.41) is 3.00. The maximum atomic E-state index is 12.2. The number of amides is 1. The van der Waals surface area contributed by atoms with E-state index in [1.807, 2.05) is 45.9 Å². The Kier molecular flexibility index (Phi) is 4.29. The number of nitrogens with one attached hydrogen (secondary N) is 1. The van der Waals surface area contributed by atoms with Crippen LogP contribution in [0.5, 0.6) is 0 Å². The predicted octanol–water partition coefficient (Wildman–Crippen LogP) is 2.62. The zero-order valence-corrected chi connectivity index (χ0v) is 11.1. The number of rotatable bonds is 4. The third-order valence-corrected chi connectivity index (χ3v) is 3.50. The van der Waals surface area contributed by atoms with Crippen LogP contribution in [-0.4, -0.2) is 12.5 Å². The van der Waals surface area contributed by atoms with Gasteiger partial charge in [-0.25, -0.2) is 0 Å². The molecule has 0 spiro atoms. The second-order valence-electron chi connectivity index (χ2n) is 4.84. The first-order valence-corrected chi connectivity index (χ1v) is 6.02.